The first-order chi connectivity index (χ1) is 27.8. The maximum atomic E-state index is 15.0. The van der Waals surface area contributed by atoms with Crippen molar-refractivity contribution in [1.82, 2.24) is 9.13 Å². The summed E-state index contributed by atoms with van der Waals surface area (Å²) in [5.74, 6) is -1.58. The molecule has 60 heavy (non-hydrogen) atoms. The number of aromatic nitrogens is 2. The van der Waals surface area contributed by atoms with Gasteiger partial charge in [0.1, 0.15) is 10.1 Å². The molecule has 12 nitrogen and oxygen atoms in total. The second kappa shape index (κ2) is 16.7. The Kier molecular flexibility index (Phi) is 12.2. The fraction of sp³-hybridized carbons (Fsp3) is 0.0455. The molecule has 2 heterocycles. The molecule has 0 N–H and O–H groups in total. The van der Waals surface area contributed by atoms with Gasteiger partial charge in [0, 0.05) is 21.5 Å². The predicted octanol–water partition coefficient (Wildman–Crippen LogP) is 1.07. The molecule has 9 rings (SSSR count). The van der Waals surface area contributed by atoms with Crippen LogP contribution in [0.5, 0.6) is 0 Å². The molecule has 0 atom stereocenters. The van der Waals surface area contributed by atoms with E-state index in [1.165, 1.54) is 28.8 Å². The molecule has 0 spiro atoms. The van der Waals surface area contributed by atoms with Crippen molar-refractivity contribution in [2.24, 2.45) is 0 Å². The van der Waals surface area contributed by atoms with E-state index in [0.717, 1.165) is 16.0 Å². The van der Waals surface area contributed by atoms with Crippen molar-refractivity contribution in [2.75, 3.05) is 0 Å². The van der Waals surface area contributed by atoms with E-state index in [4.69, 9.17) is 0 Å². The standard InChI is InChI=1S/C44H28N2O10S2.2Na/c1-23-11-13-35-29(15-23)41(47)31-22-38-32(21-37(31)45(35)43(49)33-17-25-7-3-5-9-27(25)19-39(33)57-56-55-51)42(48)30-16-24(2)12-14-36(30)46(38)44(50)34-18-26-8-4-6-10-28(26)20-40(34)58(52,53)54;;/h3-22,51H,1-2H3,(H,52,53,54);;/q;2*+1/p-2. The second-order valence-corrected chi connectivity index (χ2v) is 16.0. The summed E-state index contributed by atoms with van der Waals surface area (Å²) >= 11 is 0.529. The van der Waals surface area contributed by atoms with Crippen molar-refractivity contribution in [1.29, 1.82) is 0 Å². The largest absolute Gasteiger partial charge is 1.00 e. The Labute approximate surface area is 388 Å². The van der Waals surface area contributed by atoms with Gasteiger partial charge in [0.25, 0.3) is 11.8 Å². The number of hydrogen-bond acceptors (Lipinski definition) is 11. The van der Waals surface area contributed by atoms with Crippen LogP contribution in [-0.2, 0) is 19.5 Å². The van der Waals surface area contributed by atoms with Crippen LogP contribution in [0.3, 0.4) is 0 Å². The minimum atomic E-state index is -5.21. The Morgan fingerprint density at radius 3 is 1.45 bits per heavy atom. The smallest absolute Gasteiger partial charge is 0.744 e. The van der Waals surface area contributed by atoms with Crippen LogP contribution in [-0.4, -0.2) is 33.9 Å². The molecule has 2 aromatic heterocycles. The monoisotopic (exact) mass is 852 g/mol. The van der Waals surface area contributed by atoms with E-state index < -0.39 is 43.2 Å². The molecular formula is C44H26N2Na2O10S2. The van der Waals surface area contributed by atoms with Gasteiger partial charge in [-0.2, -0.15) is 4.33 Å². The average Bonchev–Trinajstić information content (AvgIpc) is 3.21. The third-order valence-corrected chi connectivity index (χ3v) is 11.9. The van der Waals surface area contributed by atoms with E-state index >= 15 is 4.79 Å². The SMILES string of the molecule is Cc1ccc2c(c1)c(=O)c1cc3c(cc1n2C(=O)c1cc2ccccc2cc1SOO[O-])c(=O)c1cc(C)ccc1n3C(=O)c1cc2ccccc2cc1S(=O)(=O)[O-].[Na+].[Na+]. The molecule has 9 aromatic rings. The number of carbonyl (C=O) groups excluding carboxylic acids is 2. The van der Waals surface area contributed by atoms with E-state index in [1.54, 1.807) is 92.7 Å². The van der Waals surface area contributed by atoms with Crippen molar-refractivity contribution in [3.63, 3.8) is 0 Å². The van der Waals surface area contributed by atoms with Gasteiger partial charge in [-0.05, 0) is 96.1 Å². The molecular weight excluding hydrogens is 827 g/mol. The van der Waals surface area contributed by atoms with Crippen LogP contribution in [0.1, 0.15) is 31.8 Å². The third kappa shape index (κ3) is 7.36. The minimum Gasteiger partial charge on any atom is -0.744 e. The first kappa shape index (κ1) is 43.6. The van der Waals surface area contributed by atoms with E-state index in [0.29, 0.717) is 39.3 Å². The van der Waals surface area contributed by atoms with Crippen molar-refractivity contribution >= 4 is 99.1 Å². The van der Waals surface area contributed by atoms with Crippen LogP contribution in [0.4, 0.5) is 0 Å². The van der Waals surface area contributed by atoms with Gasteiger partial charge in [0.05, 0.1) is 55.0 Å². The van der Waals surface area contributed by atoms with E-state index in [-0.39, 0.29) is 113 Å². The number of carbonyl (C=O) groups is 2. The maximum absolute atomic E-state index is 15.0. The van der Waals surface area contributed by atoms with Crippen LogP contribution in [0.25, 0.3) is 65.2 Å². The zero-order valence-electron chi connectivity index (χ0n) is 32.3. The van der Waals surface area contributed by atoms with Crippen LogP contribution < -0.4 is 75.2 Å². The summed E-state index contributed by atoms with van der Waals surface area (Å²) in [6.07, 6.45) is 0. The van der Waals surface area contributed by atoms with Crippen molar-refractivity contribution < 1.29 is 96.3 Å². The van der Waals surface area contributed by atoms with Gasteiger partial charge in [-0.25, -0.2) is 8.42 Å². The molecule has 0 saturated heterocycles. The number of pyridine rings is 2. The first-order valence-corrected chi connectivity index (χ1v) is 19.8. The van der Waals surface area contributed by atoms with E-state index in [2.05, 4.69) is 9.37 Å². The molecule has 286 valence electrons. The number of benzene rings is 7. The fourth-order valence-corrected chi connectivity index (χ4v) is 8.89. The normalized spacial score (nSPS) is 11.7. The summed E-state index contributed by atoms with van der Waals surface area (Å²) in [4.78, 5) is 58.5. The van der Waals surface area contributed by atoms with Gasteiger partial charge >= 0.3 is 59.1 Å². The molecule has 7 aromatic carbocycles. The molecule has 0 fully saturated rings. The molecule has 0 saturated carbocycles. The summed E-state index contributed by atoms with van der Waals surface area (Å²) in [7, 11) is -5.21. The summed E-state index contributed by atoms with van der Waals surface area (Å²) in [6, 6.07) is 32.1. The number of aryl methyl sites for hydroxylation is 2. The molecule has 0 amide bonds. The van der Waals surface area contributed by atoms with Gasteiger partial charge in [-0.15, -0.1) is 0 Å². The topological polar surface area (TPSA) is 177 Å². The van der Waals surface area contributed by atoms with Crippen LogP contribution in [0, 0.1) is 13.8 Å². The number of nitrogens with zero attached hydrogens (tertiary/aromatic N) is 2. The van der Waals surface area contributed by atoms with Crippen LogP contribution >= 0.6 is 12.0 Å². The molecule has 0 radical (unpaired) electrons. The van der Waals surface area contributed by atoms with Gasteiger partial charge in [0.15, 0.2) is 10.9 Å². The Morgan fingerprint density at radius 1 is 0.567 bits per heavy atom. The van der Waals surface area contributed by atoms with E-state index in [1.807, 2.05) is 12.1 Å². The number of hydrogen-bond donors (Lipinski definition) is 0. The summed E-state index contributed by atoms with van der Waals surface area (Å²) in [6.45, 7) is 3.54. The Morgan fingerprint density at radius 2 is 0.983 bits per heavy atom. The first-order valence-electron chi connectivity index (χ1n) is 17.7. The van der Waals surface area contributed by atoms with Gasteiger partial charge < -0.3 is 9.81 Å². The fourth-order valence-electron chi connectivity index (χ4n) is 7.69. The number of rotatable bonds is 6. The summed E-state index contributed by atoms with van der Waals surface area (Å²) in [5, 5.41) is 17.0. The molecule has 0 bridgehead atoms. The molecule has 16 heteroatoms. The minimum absolute atomic E-state index is 0. The summed E-state index contributed by atoms with van der Waals surface area (Å²) in [5.41, 5.74) is 0.262. The predicted molar refractivity (Wildman–Crippen MR) is 218 cm³/mol. The molecule has 0 aliphatic heterocycles. The van der Waals surface area contributed by atoms with Crippen molar-refractivity contribution in [3.05, 3.63) is 164 Å². The maximum Gasteiger partial charge on any atom is 1.00 e. The molecule has 0 aliphatic rings. The third-order valence-electron chi connectivity index (χ3n) is 10.3. The quantitative estimate of drug-likeness (QED) is 0.0584. The van der Waals surface area contributed by atoms with E-state index in [9.17, 15) is 32.6 Å². The van der Waals surface area contributed by atoms with Crippen LogP contribution in [0.15, 0.2) is 141 Å². The van der Waals surface area contributed by atoms with Gasteiger partial charge in [0.2, 0.25) is 0 Å². The van der Waals surface area contributed by atoms with Gasteiger partial charge in [-0.1, -0.05) is 71.8 Å². The van der Waals surface area contributed by atoms with Crippen molar-refractivity contribution in [3.8, 4) is 0 Å². The van der Waals surface area contributed by atoms with Gasteiger partial charge in [-0.3, -0.25) is 33.4 Å². The van der Waals surface area contributed by atoms with Crippen LogP contribution in [0.2, 0.25) is 0 Å². The molecule has 0 aliphatic carbocycles. The average molecular weight is 853 g/mol. The second-order valence-electron chi connectivity index (χ2n) is 13.9. The zero-order valence-corrected chi connectivity index (χ0v) is 38.0. The zero-order chi connectivity index (χ0) is 40.6. The Bertz CT molecular complexity index is 3550. The Hall–Kier alpha value is -4.52. The number of fused-ring (bicyclic) bond motifs is 6. The van der Waals surface area contributed by atoms with Crippen molar-refractivity contribution in [2.45, 2.75) is 23.6 Å². The summed E-state index contributed by atoms with van der Waals surface area (Å²) < 4.78 is 45.3. The molecule has 0 unspecified atom stereocenters. The Balaban J connectivity index is 0.00000272.